The van der Waals surface area contributed by atoms with E-state index in [2.05, 4.69) is 9.40 Å². The van der Waals surface area contributed by atoms with Crippen LogP contribution in [0.5, 0.6) is 0 Å². The van der Waals surface area contributed by atoms with Crippen LogP contribution in [0.25, 0.3) is 0 Å². The van der Waals surface area contributed by atoms with Crippen LogP contribution in [0.4, 0.5) is 22.0 Å². The van der Waals surface area contributed by atoms with Crippen LogP contribution >= 0.6 is 0 Å². The highest BCUT2D eigenvalue weighted by Crippen LogP contribution is 2.51. The number of halogens is 5. The quantitative estimate of drug-likeness (QED) is 0.884. The van der Waals surface area contributed by atoms with Crippen molar-refractivity contribution in [2.24, 2.45) is 0 Å². The zero-order valence-corrected chi connectivity index (χ0v) is 9.73. The van der Waals surface area contributed by atoms with Gasteiger partial charge in [0.1, 0.15) is 0 Å². The summed E-state index contributed by atoms with van der Waals surface area (Å²) in [4.78, 5) is 3.41. The third kappa shape index (κ3) is 1.96. The summed E-state index contributed by atoms with van der Waals surface area (Å²) < 4.78 is 70.0. The van der Waals surface area contributed by atoms with Crippen LogP contribution in [0.3, 0.4) is 0 Å². The summed E-state index contributed by atoms with van der Waals surface area (Å²) in [7, 11) is 0. The van der Waals surface area contributed by atoms with Gasteiger partial charge in [-0.15, -0.1) is 0 Å². The molecule has 0 aliphatic heterocycles. The maximum absolute atomic E-state index is 13.8. The molecule has 108 valence electrons. The van der Waals surface area contributed by atoms with Crippen molar-refractivity contribution in [1.29, 1.82) is 0 Å². The van der Waals surface area contributed by atoms with Gasteiger partial charge in [-0.05, 0) is 18.2 Å². The Balaban J connectivity index is 2.69. The molecule has 0 amide bonds. The van der Waals surface area contributed by atoms with E-state index < -0.39 is 29.0 Å². The lowest BCUT2D eigenvalue weighted by atomic mass is 9.85. The predicted octanol–water partition coefficient (Wildman–Crippen LogP) is 3.11. The maximum Gasteiger partial charge on any atom is 0.457 e. The number of furan rings is 1. The van der Waals surface area contributed by atoms with Crippen LogP contribution in [-0.2, 0) is 5.60 Å². The molecular formula is C12H8F5NO2. The average molecular weight is 293 g/mol. The van der Waals surface area contributed by atoms with Gasteiger partial charge in [0.25, 0.3) is 0 Å². The van der Waals surface area contributed by atoms with Crippen molar-refractivity contribution >= 4 is 0 Å². The molecule has 1 unspecified atom stereocenters. The molecule has 2 rings (SSSR count). The minimum atomic E-state index is -5.96. The average Bonchev–Trinajstić information content (AvgIpc) is 2.91. The van der Waals surface area contributed by atoms with Crippen LogP contribution in [0.15, 0.2) is 47.4 Å². The van der Waals surface area contributed by atoms with Crippen molar-refractivity contribution in [2.75, 3.05) is 0 Å². The molecule has 20 heavy (non-hydrogen) atoms. The predicted molar refractivity (Wildman–Crippen MR) is 56.9 cm³/mol. The van der Waals surface area contributed by atoms with E-state index in [0.717, 1.165) is 24.6 Å². The summed E-state index contributed by atoms with van der Waals surface area (Å²) in [6.07, 6.45) is -3.45. The first kappa shape index (κ1) is 14.4. The lowest BCUT2D eigenvalue weighted by molar-refractivity contribution is -0.337. The summed E-state index contributed by atoms with van der Waals surface area (Å²) in [6, 6.07) is 4.23. The lowest BCUT2D eigenvalue weighted by Gasteiger charge is -2.35. The van der Waals surface area contributed by atoms with E-state index in [9.17, 15) is 27.1 Å². The molecule has 0 fully saturated rings. The highest BCUT2D eigenvalue weighted by molar-refractivity contribution is 5.34. The van der Waals surface area contributed by atoms with E-state index in [0.29, 0.717) is 6.26 Å². The van der Waals surface area contributed by atoms with E-state index in [-0.39, 0.29) is 0 Å². The second kappa shape index (κ2) is 4.55. The number of hydrogen-bond donors (Lipinski definition) is 1. The van der Waals surface area contributed by atoms with E-state index >= 15 is 0 Å². The summed E-state index contributed by atoms with van der Waals surface area (Å²) in [6.45, 7) is 0. The molecule has 2 aromatic heterocycles. The number of hydrogen-bond acceptors (Lipinski definition) is 3. The van der Waals surface area contributed by atoms with Gasteiger partial charge in [-0.2, -0.15) is 22.0 Å². The standard InChI is InChI=1S/C12H8F5NO2/c13-11(14,12(15,16)17)10(19,8-4-6-20-7-8)9-3-1-2-5-18-9/h1-7,19H. The molecular weight excluding hydrogens is 285 g/mol. The first-order chi connectivity index (χ1) is 9.21. The van der Waals surface area contributed by atoms with E-state index in [1.165, 1.54) is 12.1 Å². The smallest absolute Gasteiger partial charge is 0.457 e. The van der Waals surface area contributed by atoms with Crippen molar-refractivity contribution in [3.8, 4) is 0 Å². The molecule has 3 nitrogen and oxygen atoms in total. The molecule has 1 atom stereocenters. The molecule has 0 spiro atoms. The van der Waals surface area contributed by atoms with Gasteiger partial charge >= 0.3 is 12.1 Å². The highest BCUT2D eigenvalue weighted by Gasteiger charge is 2.72. The third-order valence-corrected chi connectivity index (χ3v) is 2.78. The normalized spacial score (nSPS) is 15.9. The highest BCUT2D eigenvalue weighted by atomic mass is 19.4. The Hall–Kier alpha value is -1.96. The van der Waals surface area contributed by atoms with Crippen molar-refractivity contribution < 1.29 is 31.5 Å². The fourth-order valence-electron chi connectivity index (χ4n) is 1.74. The minimum absolute atomic E-state index is 0.619. The Labute approximate surface area is 109 Å². The van der Waals surface area contributed by atoms with Crippen molar-refractivity contribution in [1.82, 2.24) is 4.98 Å². The molecule has 0 bridgehead atoms. The molecule has 2 aromatic rings. The van der Waals surface area contributed by atoms with Gasteiger partial charge in [0.05, 0.1) is 18.2 Å². The fraction of sp³-hybridized carbons (Fsp3) is 0.250. The summed E-state index contributed by atoms with van der Waals surface area (Å²) in [5.41, 5.74) is -5.23. The van der Waals surface area contributed by atoms with Crippen LogP contribution in [0, 0.1) is 0 Å². The van der Waals surface area contributed by atoms with Gasteiger partial charge in [-0.3, -0.25) is 4.98 Å². The molecule has 0 aromatic carbocycles. The van der Waals surface area contributed by atoms with E-state index in [4.69, 9.17) is 0 Å². The Morgan fingerprint density at radius 1 is 1.05 bits per heavy atom. The van der Waals surface area contributed by atoms with Crippen molar-refractivity contribution in [3.63, 3.8) is 0 Å². The Kier molecular flexibility index (Phi) is 3.29. The van der Waals surface area contributed by atoms with Gasteiger partial charge in [-0.1, -0.05) is 6.07 Å². The molecule has 1 N–H and O–H groups in total. The monoisotopic (exact) mass is 293 g/mol. The third-order valence-electron chi connectivity index (χ3n) is 2.78. The number of nitrogens with zero attached hydrogens (tertiary/aromatic N) is 1. The number of pyridine rings is 1. The second-order valence-corrected chi connectivity index (χ2v) is 4.01. The van der Waals surface area contributed by atoms with Crippen LogP contribution in [-0.4, -0.2) is 22.2 Å². The largest absolute Gasteiger partial charge is 0.472 e. The van der Waals surface area contributed by atoms with Crippen LogP contribution < -0.4 is 0 Å². The van der Waals surface area contributed by atoms with Crippen LogP contribution in [0.1, 0.15) is 11.3 Å². The van der Waals surface area contributed by atoms with Crippen LogP contribution in [0.2, 0.25) is 0 Å². The van der Waals surface area contributed by atoms with Gasteiger partial charge in [0.15, 0.2) is 0 Å². The van der Waals surface area contributed by atoms with E-state index in [1.807, 2.05) is 0 Å². The fourth-order valence-corrected chi connectivity index (χ4v) is 1.74. The lowest BCUT2D eigenvalue weighted by Crippen LogP contribution is -2.55. The van der Waals surface area contributed by atoms with Crippen molar-refractivity contribution in [2.45, 2.75) is 17.7 Å². The molecule has 8 heteroatoms. The molecule has 0 saturated carbocycles. The zero-order chi connectivity index (χ0) is 15.0. The SMILES string of the molecule is OC(c1ccoc1)(c1ccccn1)C(F)(F)C(F)(F)F. The van der Waals surface area contributed by atoms with Gasteiger partial charge < -0.3 is 9.52 Å². The Bertz CT molecular complexity index is 567. The topological polar surface area (TPSA) is 46.3 Å². The van der Waals surface area contributed by atoms with E-state index in [1.54, 1.807) is 0 Å². The van der Waals surface area contributed by atoms with Crippen molar-refractivity contribution in [3.05, 3.63) is 54.2 Å². The first-order valence-electron chi connectivity index (χ1n) is 5.32. The zero-order valence-electron chi connectivity index (χ0n) is 9.73. The first-order valence-corrected chi connectivity index (χ1v) is 5.32. The van der Waals surface area contributed by atoms with Gasteiger partial charge in [0.2, 0.25) is 5.60 Å². The Morgan fingerprint density at radius 2 is 1.75 bits per heavy atom. The molecule has 0 saturated heterocycles. The molecule has 2 heterocycles. The van der Waals surface area contributed by atoms with Gasteiger partial charge in [-0.25, -0.2) is 0 Å². The number of aliphatic hydroxyl groups is 1. The number of alkyl halides is 5. The molecule has 0 radical (unpaired) electrons. The molecule has 0 aliphatic carbocycles. The number of rotatable bonds is 3. The van der Waals surface area contributed by atoms with Gasteiger partial charge in [0, 0.05) is 11.8 Å². The second-order valence-electron chi connectivity index (χ2n) is 4.01. The Morgan fingerprint density at radius 3 is 2.20 bits per heavy atom. The summed E-state index contributed by atoms with van der Waals surface area (Å²) >= 11 is 0. The maximum atomic E-state index is 13.8. The summed E-state index contributed by atoms with van der Waals surface area (Å²) in [5, 5.41) is 10.1. The summed E-state index contributed by atoms with van der Waals surface area (Å²) in [5.74, 6) is -5.45. The minimum Gasteiger partial charge on any atom is -0.472 e. The number of aromatic nitrogens is 1. The molecule has 0 aliphatic rings.